The van der Waals surface area contributed by atoms with Gasteiger partial charge < -0.3 is 21.1 Å². The van der Waals surface area contributed by atoms with E-state index in [9.17, 15) is 14.4 Å². The summed E-state index contributed by atoms with van der Waals surface area (Å²) >= 11 is 1.25. The van der Waals surface area contributed by atoms with E-state index < -0.39 is 11.9 Å². The number of nitrogens with zero attached hydrogens (tertiary/aromatic N) is 2. The van der Waals surface area contributed by atoms with Gasteiger partial charge in [-0.2, -0.15) is 0 Å². The predicted octanol–water partition coefficient (Wildman–Crippen LogP) is 1.65. The second-order valence-electron chi connectivity index (χ2n) is 4.80. The Balaban J connectivity index is 0.000000300. The van der Waals surface area contributed by atoms with Crippen molar-refractivity contribution < 1.29 is 19.5 Å². The zero-order chi connectivity index (χ0) is 18.1. The first-order valence-electron chi connectivity index (χ1n) is 6.78. The van der Waals surface area contributed by atoms with Crippen LogP contribution in [0.3, 0.4) is 0 Å². The van der Waals surface area contributed by atoms with Gasteiger partial charge in [-0.25, -0.2) is 9.78 Å². The van der Waals surface area contributed by atoms with Gasteiger partial charge in [0.15, 0.2) is 5.01 Å². The molecule has 0 aliphatic carbocycles. The van der Waals surface area contributed by atoms with E-state index in [0.717, 1.165) is 0 Å². The third-order valence-corrected chi connectivity index (χ3v) is 3.37. The van der Waals surface area contributed by atoms with Crippen molar-refractivity contribution in [2.75, 3.05) is 19.4 Å². The number of carbonyl (C=O) groups excluding carboxylic acids is 2. The number of aliphatic carboxylic acids is 1. The summed E-state index contributed by atoms with van der Waals surface area (Å²) in [5.41, 5.74) is 6.12. The number of amides is 3. The maximum atomic E-state index is 11.3. The Kier molecular flexibility index (Phi) is 7.37. The van der Waals surface area contributed by atoms with Crippen LogP contribution in [0, 0.1) is 0 Å². The molecule has 0 aliphatic rings. The molecule has 4 N–H and O–H groups in total. The molecule has 0 saturated carbocycles. The fourth-order valence-corrected chi connectivity index (χ4v) is 2.00. The number of benzene rings is 1. The van der Waals surface area contributed by atoms with Gasteiger partial charge in [0.2, 0.25) is 0 Å². The molecule has 1 aromatic carbocycles. The Morgan fingerprint density at radius 2 is 2.04 bits per heavy atom. The van der Waals surface area contributed by atoms with Gasteiger partial charge >= 0.3 is 12.0 Å². The maximum absolute atomic E-state index is 11.3. The Morgan fingerprint density at radius 3 is 2.50 bits per heavy atom. The van der Waals surface area contributed by atoms with Gasteiger partial charge in [0.1, 0.15) is 0 Å². The van der Waals surface area contributed by atoms with Crippen LogP contribution < -0.4 is 11.1 Å². The summed E-state index contributed by atoms with van der Waals surface area (Å²) in [5.74, 6) is -1.35. The van der Waals surface area contributed by atoms with Gasteiger partial charge in [-0.05, 0) is 17.7 Å². The lowest BCUT2D eigenvalue weighted by atomic mass is 10.1. The number of hydrogen-bond acceptors (Lipinski definition) is 5. The minimum atomic E-state index is -0.893. The number of carboxylic acids is 1. The van der Waals surface area contributed by atoms with E-state index in [1.807, 2.05) is 0 Å². The zero-order valence-electron chi connectivity index (χ0n) is 13.2. The molecule has 2 rings (SSSR count). The SMILES string of the molecule is CN(C)C(=O)Nc1cccc(CC(=O)O)c1.NC(=O)c1nccs1. The number of anilines is 1. The third kappa shape index (κ3) is 6.88. The highest BCUT2D eigenvalue weighted by atomic mass is 32.1. The first kappa shape index (κ1) is 19.1. The minimum absolute atomic E-state index is 0.0499. The fourth-order valence-electron chi connectivity index (χ4n) is 1.51. The van der Waals surface area contributed by atoms with E-state index in [-0.39, 0.29) is 12.5 Å². The maximum Gasteiger partial charge on any atom is 0.321 e. The average Bonchev–Trinajstić information content (AvgIpc) is 3.02. The average molecular weight is 350 g/mol. The molecular weight excluding hydrogens is 332 g/mol. The van der Waals surface area contributed by atoms with E-state index in [1.54, 1.807) is 49.9 Å². The summed E-state index contributed by atoms with van der Waals surface area (Å²) in [7, 11) is 3.27. The molecule has 0 bridgehead atoms. The molecule has 0 aliphatic heterocycles. The second-order valence-corrected chi connectivity index (χ2v) is 5.69. The number of carboxylic acid groups (broad SMARTS) is 1. The van der Waals surface area contributed by atoms with Crippen LogP contribution in [0.25, 0.3) is 0 Å². The topological polar surface area (TPSA) is 126 Å². The van der Waals surface area contributed by atoms with Crippen molar-refractivity contribution in [1.29, 1.82) is 0 Å². The highest BCUT2D eigenvalue weighted by Gasteiger charge is 2.05. The van der Waals surface area contributed by atoms with E-state index >= 15 is 0 Å². The van der Waals surface area contributed by atoms with Gasteiger partial charge in [-0.3, -0.25) is 9.59 Å². The van der Waals surface area contributed by atoms with Crippen LogP contribution in [0.4, 0.5) is 10.5 Å². The van der Waals surface area contributed by atoms with Crippen LogP contribution in [0.5, 0.6) is 0 Å². The van der Waals surface area contributed by atoms with Crippen molar-refractivity contribution in [2.45, 2.75) is 6.42 Å². The van der Waals surface area contributed by atoms with Crippen molar-refractivity contribution in [3.8, 4) is 0 Å². The summed E-state index contributed by atoms with van der Waals surface area (Å²) in [5, 5.41) is 13.4. The number of carbonyl (C=O) groups is 3. The molecule has 0 saturated heterocycles. The first-order valence-corrected chi connectivity index (χ1v) is 7.66. The van der Waals surface area contributed by atoms with Gasteiger partial charge in [-0.15, -0.1) is 11.3 Å². The van der Waals surface area contributed by atoms with Gasteiger partial charge in [0.05, 0.1) is 6.42 Å². The highest BCUT2D eigenvalue weighted by molar-refractivity contribution is 7.11. The van der Waals surface area contributed by atoms with Crippen molar-refractivity contribution in [3.63, 3.8) is 0 Å². The molecule has 0 unspecified atom stereocenters. The Hall–Kier alpha value is -2.94. The monoisotopic (exact) mass is 350 g/mol. The predicted molar refractivity (Wildman–Crippen MR) is 91.1 cm³/mol. The normalized spacial score (nSPS) is 9.42. The summed E-state index contributed by atoms with van der Waals surface area (Å²) in [6.45, 7) is 0. The highest BCUT2D eigenvalue weighted by Crippen LogP contribution is 2.11. The van der Waals surface area contributed by atoms with Crippen molar-refractivity contribution in [1.82, 2.24) is 9.88 Å². The van der Waals surface area contributed by atoms with Gasteiger partial charge in [0, 0.05) is 31.4 Å². The van der Waals surface area contributed by atoms with Crippen LogP contribution >= 0.6 is 11.3 Å². The van der Waals surface area contributed by atoms with E-state index in [4.69, 9.17) is 10.8 Å². The van der Waals surface area contributed by atoms with Gasteiger partial charge in [0.25, 0.3) is 5.91 Å². The van der Waals surface area contributed by atoms with E-state index in [1.165, 1.54) is 16.2 Å². The fraction of sp³-hybridized carbons (Fsp3) is 0.200. The number of nitrogens with two attached hydrogens (primary N) is 1. The lowest BCUT2D eigenvalue weighted by molar-refractivity contribution is -0.136. The third-order valence-electron chi connectivity index (χ3n) is 2.58. The smallest absolute Gasteiger partial charge is 0.321 e. The molecule has 8 nitrogen and oxygen atoms in total. The molecule has 0 spiro atoms. The van der Waals surface area contributed by atoms with Crippen LogP contribution in [0.15, 0.2) is 35.8 Å². The first-order chi connectivity index (χ1) is 11.3. The van der Waals surface area contributed by atoms with Crippen LogP contribution in [0.2, 0.25) is 0 Å². The molecule has 1 aromatic heterocycles. The summed E-state index contributed by atoms with van der Waals surface area (Å²) in [6, 6.07) is 6.54. The Bertz CT molecular complexity index is 701. The van der Waals surface area contributed by atoms with Crippen LogP contribution in [-0.4, -0.2) is 47.0 Å². The number of aromatic nitrogens is 1. The summed E-state index contributed by atoms with van der Waals surface area (Å²) in [6.07, 6.45) is 1.50. The van der Waals surface area contributed by atoms with Crippen LogP contribution in [0.1, 0.15) is 15.4 Å². The molecule has 9 heteroatoms. The van der Waals surface area contributed by atoms with Crippen LogP contribution in [-0.2, 0) is 11.2 Å². The number of primary amides is 1. The summed E-state index contributed by atoms with van der Waals surface area (Å²) < 4.78 is 0. The molecule has 2 aromatic rings. The van der Waals surface area contributed by atoms with E-state index in [2.05, 4.69) is 10.3 Å². The molecule has 0 fully saturated rings. The van der Waals surface area contributed by atoms with Crippen molar-refractivity contribution in [3.05, 3.63) is 46.4 Å². The molecule has 3 amide bonds. The Morgan fingerprint density at radius 1 is 1.33 bits per heavy atom. The Labute approximate surface area is 142 Å². The van der Waals surface area contributed by atoms with Gasteiger partial charge in [-0.1, -0.05) is 12.1 Å². The molecule has 0 atom stereocenters. The summed E-state index contributed by atoms with van der Waals surface area (Å²) in [4.78, 5) is 37.2. The van der Waals surface area contributed by atoms with Crippen molar-refractivity contribution >= 4 is 34.9 Å². The number of hydrogen-bond donors (Lipinski definition) is 3. The molecular formula is C15H18N4O4S. The zero-order valence-corrected chi connectivity index (χ0v) is 14.0. The molecule has 0 radical (unpaired) electrons. The molecule has 24 heavy (non-hydrogen) atoms. The molecule has 1 heterocycles. The minimum Gasteiger partial charge on any atom is -0.481 e. The largest absolute Gasteiger partial charge is 0.481 e. The standard InChI is InChI=1S/C11H14N2O3.C4H4N2OS/c1-13(2)11(16)12-9-5-3-4-8(6-9)7-10(14)15;5-3(7)4-6-1-2-8-4/h3-6H,7H2,1-2H3,(H,12,16)(H,14,15);1-2H,(H2,5,7). The number of rotatable bonds is 4. The molecule has 128 valence electrons. The van der Waals surface area contributed by atoms with E-state index in [0.29, 0.717) is 16.3 Å². The second kappa shape index (κ2) is 9.26. The quantitative estimate of drug-likeness (QED) is 0.773. The number of nitrogens with one attached hydrogen (secondary N) is 1. The lowest BCUT2D eigenvalue weighted by Gasteiger charge is -2.12. The number of thiazole rings is 1. The lowest BCUT2D eigenvalue weighted by Crippen LogP contribution is -2.27. The number of urea groups is 1. The van der Waals surface area contributed by atoms with Crippen molar-refractivity contribution in [2.24, 2.45) is 5.73 Å².